The number of nitrogens with zero attached hydrogens (tertiary/aromatic N) is 2. The van der Waals surface area contributed by atoms with Gasteiger partial charge >= 0.3 is 0 Å². The van der Waals surface area contributed by atoms with Crippen LogP contribution in [0, 0.1) is 5.82 Å². The first-order valence-corrected chi connectivity index (χ1v) is 10.4. The van der Waals surface area contributed by atoms with Gasteiger partial charge in [-0.05, 0) is 49.2 Å². The summed E-state index contributed by atoms with van der Waals surface area (Å²) in [7, 11) is -0.263. The Kier molecular flexibility index (Phi) is 10.0. The second-order valence-corrected chi connectivity index (χ2v) is 8.67. The molecule has 0 saturated carbocycles. The van der Waals surface area contributed by atoms with Crippen LogP contribution in [0.1, 0.15) is 25.0 Å². The van der Waals surface area contributed by atoms with Crippen LogP contribution in [0.2, 0.25) is 0 Å². The highest BCUT2D eigenvalue weighted by Crippen LogP contribution is 2.17. The number of sulfonamides is 1. The fourth-order valence-corrected chi connectivity index (χ4v) is 3.83. The molecule has 2 aromatic carbocycles. The number of nitrogens with one attached hydrogen (secondary N) is 2. The van der Waals surface area contributed by atoms with Gasteiger partial charge in [0.25, 0.3) is 0 Å². The van der Waals surface area contributed by atoms with Gasteiger partial charge in [0.1, 0.15) is 5.82 Å². The lowest BCUT2D eigenvalue weighted by molar-refractivity contribution is 0.410. The van der Waals surface area contributed by atoms with Crippen LogP contribution in [0.4, 0.5) is 4.39 Å². The van der Waals surface area contributed by atoms with Crippen molar-refractivity contribution < 1.29 is 12.8 Å². The average molecular weight is 534 g/mol. The second-order valence-electron chi connectivity index (χ2n) is 6.67. The van der Waals surface area contributed by atoms with Crippen molar-refractivity contribution in [2.24, 2.45) is 4.99 Å². The molecule has 6 nitrogen and oxygen atoms in total. The topological polar surface area (TPSA) is 73.8 Å². The zero-order valence-corrected chi connectivity index (χ0v) is 20.2. The normalized spacial score (nSPS) is 12.0. The van der Waals surface area contributed by atoms with Crippen molar-refractivity contribution in [2.75, 3.05) is 14.1 Å². The molecule has 2 aromatic rings. The Hall–Kier alpha value is -1.72. The molecule has 0 radical (unpaired) electrons. The van der Waals surface area contributed by atoms with Crippen molar-refractivity contribution in [1.82, 2.24) is 14.9 Å². The van der Waals surface area contributed by atoms with Crippen LogP contribution in [0.3, 0.4) is 0 Å². The third-order valence-electron chi connectivity index (χ3n) is 4.36. The summed E-state index contributed by atoms with van der Waals surface area (Å²) in [6.07, 6.45) is 0. The van der Waals surface area contributed by atoms with E-state index in [0.717, 1.165) is 11.1 Å². The van der Waals surface area contributed by atoms with E-state index < -0.39 is 10.0 Å². The van der Waals surface area contributed by atoms with E-state index >= 15 is 0 Å². The van der Waals surface area contributed by atoms with Gasteiger partial charge in [-0.3, -0.25) is 4.99 Å². The van der Waals surface area contributed by atoms with Crippen LogP contribution in [-0.4, -0.2) is 38.8 Å². The molecule has 29 heavy (non-hydrogen) atoms. The third kappa shape index (κ3) is 7.23. The number of guanidine groups is 1. The molecule has 2 N–H and O–H groups in total. The first-order valence-electron chi connectivity index (χ1n) is 9.00. The maximum absolute atomic E-state index is 13.2. The number of hydrogen-bond donors (Lipinski definition) is 2. The van der Waals surface area contributed by atoms with Crippen molar-refractivity contribution in [1.29, 1.82) is 0 Å². The summed E-state index contributed by atoms with van der Waals surface area (Å²) in [6, 6.07) is 13.0. The Morgan fingerprint density at radius 2 is 1.66 bits per heavy atom. The molecule has 0 aliphatic rings. The molecule has 0 aromatic heterocycles. The van der Waals surface area contributed by atoms with E-state index in [0.29, 0.717) is 19.0 Å². The minimum atomic E-state index is -3.49. The molecule has 0 amide bonds. The van der Waals surface area contributed by atoms with E-state index in [2.05, 4.69) is 15.6 Å². The molecule has 0 atom stereocenters. The smallest absolute Gasteiger partial charge is 0.243 e. The van der Waals surface area contributed by atoms with E-state index in [-0.39, 0.29) is 40.7 Å². The predicted molar refractivity (Wildman–Crippen MR) is 125 cm³/mol. The zero-order chi connectivity index (χ0) is 20.7. The minimum absolute atomic E-state index is 0. The average Bonchev–Trinajstić information content (AvgIpc) is 2.67. The highest BCUT2D eigenvalue weighted by Gasteiger charge is 2.22. The molecule has 9 heteroatoms. The van der Waals surface area contributed by atoms with E-state index in [1.54, 1.807) is 44.4 Å². The standard InChI is InChI=1S/C20H27FN4O2S.HI/c1-15(2)25(4)28(26,27)19-10-8-16(9-11-19)13-23-20(22-3)24-14-17-6-5-7-18(21)12-17;/h5-12,15H,13-14H2,1-4H3,(H2,22,23,24);1H. The predicted octanol–water partition coefficient (Wildman–Crippen LogP) is 3.34. The SMILES string of the molecule is CN=C(NCc1ccc(S(=O)(=O)N(C)C(C)C)cc1)NCc1cccc(F)c1.I. The van der Waals surface area contributed by atoms with Gasteiger partial charge in [0.15, 0.2) is 5.96 Å². The molecule has 0 aliphatic heterocycles. The van der Waals surface area contributed by atoms with Crippen LogP contribution >= 0.6 is 24.0 Å². The fraction of sp³-hybridized carbons (Fsp3) is 0.350. The highest BCUT2D eigenvalue weighted by atomic mass is 127. The molecule has 0 heterocycles. The largest absolute Gasteiger partial charge is 0.352 e. The summed E-state index contributed by atoms with van der Waals surface area (Å²) in [4.78, 5) is 4.40. The van der Waals surface area contributed by atoms with Crippen molar-refractivity contribution in [3.63, 3.8) is 0 Å². The molecule has 0 unspecified atom stereocenters. The summed E-state index contributed by atoms with van der Waals surface area (Å²) in [5.74, 6) is 0.293. The minimum Gasteiger partial charge on any atom is -0.352 e. The Morgan fingerprint density at radius 3 is 2.17 bits per heavy atom. The fourth-order valence-electron chi connectivity index (χ4n) is 2.46. The van der Waals surface area contributed by atoms with Crippen molar-refractivity contribution >= 4 is 40.0 Å². The lowest BCUT2D eigenvalue weighted by atomic mass is 10.2. The molecule has 0 bridgehead atoms. The molecule has 0 saturated heterocycles. The number of halogens is 2. The van der Waals surface area contributed by atoms with Crippen molar-refractivity contribution in [2.45, 2.75) is 37.9 Å². The summed E-state index contributed by atoms with van der Waals surface area (Å²) in [5.41, 5.74) is 1.73. The number of hydrogen-bond acceptors (Lipinski definition) is 3. The van der Waals surface area contributed by atoms with Gasteiger partial charge < -0.3 is 10.6 Å². The number of aliphatic imine (C=N–C) groups is 1. The molecule has 160 valence electrons. The first-order chi connectivity index (χ1) is 13.2. The molecule has 0 fully saturated rings. The van der Waals surface area contributed by atoms with E-state index in [4.69, 9.17) is 0 Å². The Balaban J connectivity index is 0.00000420. The van der Waals surface area contributed by atoms with Gasteiger partial charge in [0.2, 0.25) is 10.0 Å². The quantitative estimate of drug-likeness (QED) is 0.325. The van der Waals surface area contributed by atoms with Crippen molar-refractivity contribution in [3.8, 4) is 0 Å². The van der Waals surface area contributed by atoms with Gasteiger partial charge in [0, 0.05) is 33.2 Å². The number of benzene rings is 2. The number of rotatable bonds is 7. The molecular weight excluding hydrogens is 506 g/mol. The van der Waals surface area contributed by atoms with Gasteiger partial charge in [-0.1, -0.05) is 24.3 Å². The van der Waals surface area contributed by atoms with E-state index in [1.807, 2.05) is 19.9 Å². The van der Waals surface area contributed by atoms with E-state index in [9.17, 15) is 12.8 Å². The summed E-state index contributed by atoms with van der Waals surface area (Å²) < 4.78 is 39.6. The molecular formula is C20H28FIN4O2S. The third-order valence-corrected chi connectivity index (χ3v) is 6.41. The molecule has 0 aliphatic carbocycles. The van der Waals surface area contributed by atoms with Crippen LogP contribution in [0.25, 0.3) is 0 Å². The highest BCUT2D eigenvalue weighted by molar-refractivity contribution is 14.0. The Labute approximate surface area is 189 Å². The van der Waals surface area contributed by atoms with Crippen LogP contribution in [0.15, 0.2) is 58.4 Å². The summed E-state index contributed by atoms with van der Waals surface area (Å²) >= 11 is 0. The van der Waals surface area contributed by atoms with E-state index in [1.165, 1.54) is 16.4 Å². The maximum Gasteiger partial charge on any atom is 0.243 e. The summed E-state index contributed by atoms with van der Waals surface area (Å²) in [5, 5.41) is 6.27. The zero-order valence-electron chi connectivity index (χ0n) is 17.0. The lowest BCUT2D eigenvalue weighted by Crippen LogP contribution is -2.36. The summed E-state index contributed by atoms with van der Waals surface area (Å²) in [6.45, 7) is 4.58. The lowest BCUT2D eigenvalue weighted by Gasteiger charge is -2.21. The Morgan fingerprint density at radius 1 is 1.07 bits per heavy atom. The van der Waals surface area contributed by atoms with Gasteiger partial charge in [0.05, 0.1) is 4.90 Å². The van der Waals surface area contributed by atoms with Gasteiger partial charge in [-0.2, -0.15) is 4.31 Å². The second kappa shape index (κ2) is 11.5. The van der Waals surface area contributed by atoms with Crippen LogP contribution < -0.4 is 10.6 Å². The van der Waals surface area contributed by atoms with Gasteiger partial charge in [-0.15, -0.1) is 24.0 Å². The van der Waals surface area contributed by atoms with Crippen molar-refractivity contribution in [3.05, 3.63) is 65.5 Å². The Bertz CT molecular complexity index is 918. The maximum atomic E-state index is 13.2. The van der Waals surface area contributed by atoms with Crippen LogP contribution in [0.5, 0.6) is 0 Å². The monoisotopic (exact) mass is 534 g/mol. The van der Waals surface area contributed by atoms with Crippen LogP contribution in [-0.2, 0) is 23.1 Å². The molecule has 0 spiro atoms. The molecule has 2 rings (SSSR count). The first kappa shape index (κ1) is 25.3. The van der Waals surface area contributed by atoms with Gasteiger partial charge in [-0.25, -0.2) is 12.8 Å².